The van der Waals surface area contributed by atoms with Gasteiger partial charge in [-0.2, -0.15) is 5.26 Å². The van der Waals surface area contributed by atoms with Crippen LogP contribution in [-0.2, 0) is 4.74 Å². The van der Waals surface area contributed by atoms with Gasteiger partial charge in [-0.05, 0) is 19.1 Å². The number of nitrogens with zero attached hydrogens (tertiary/aromatic N) is 3. The molecule has 0 unspecified atom stereocenters. The van der Waals surface area contributed by atoms with E-state index < -0.39 is 0 Å². The summed E-state index contributed by atoms with van der Waals surface area (Å²) >= 11 is 14.1. The molecule has 5 nitrogen and oxygen atoms in total. The third kappa shape index (κ3) is 4.22. The Morgan fingerprint density at radius 2 is 2.22 bits per heavy atom. The average molecular weight is 423 g/mol. The van der Waals surface area contributed by atoms with E-state index in [2.05, 4.69) is 16.4 Å². The van der Waals surface area contributed by atoms with Gasteiger partial charge in [-0.1, -0.05) is 29.3 Å². The van der Waals surface area contributed by atoms with Crippen LogP contribution in [0.1, 0.15) is 17.4 Å². The molecule has 0 bridgehead atoms. The third-order valence-corrected chi connectivity index (χ3v) is 6.07. The highest BCUT2D eigenvalue weighted by molar-refractivity contribution is 7.19. The maximum absolute atomic E-state index is 9.95. The van der Waals surface area contributed by atoms with Gasteiger partial charge in [-0.15, -0.1) is 11.3 Å². The van der Waals surface area contributed by atoms with Gasteiger partial charge in [0, 0.05) is 47.9 Å². The monoisotopic (exact) mass is 422 g/mol. The molecule has 1 aliphatic heterocycles. The van der Waals surface area contributed by atoms with Gasteiger partial charge >= 0.3 is 0 Å². The molecule has 0 aliphatic carbocycles. The van der Waals surface area contributed by atoms with E-state index in [4.69, 9.17) is 27.9 Å². The molecule has 3 rings (SSSR count). The van der Waals surface area contributed by atoms with Gasteiger partial charge in [0.15, 0.2) is 0 Å². The fourth-order valence-electron chi connectivity index (χ4n) is 2.91. The zero-order valence-corrected chi connectivity index (χ0v) is 17.5. The summed E-state index contributed by atoms with van der Waals surface area (Å²) in [5.41, 5.74) is 2.18. The van der Waals surface area contributed by atoms with Crippen molar-refractivity contribution < 1.29 is 4.74 Å². The zero-order valence-electron chi connectivity index (χ0n) is 15.2. The summed E-state index contributed by atoms with van der Waals surface area (Å²) in [6.07, 6.45) is 0. The molecule has 27 heavy (non-hydrogen) atoms. The highest BCUT2D eigenvalue weighted by Crippen LogP contribution is 2.44. The largest absolute Gasteiger partial charge is 0.380 e. The van der Waals surface area contributed by atoms with Gasteiger partial charge in [0.25, 0.3) is 0 Å². The molecule has 142 valence electrons. The van der Waals surface area contributed by atoms with Gasteiger partial charge < -0.3 is 15.0 Å². The van der Waals surface area contributed by atoms with Crippen molar-refractivity contribution in [2.75, 3.05) is 44.8 Å². The van der Waals surface area contributed by atoms with E-state index >= 15 is 0 Å². The fraction of sp³-hybridized carbons (Fsp3) is 0.368. The van der Waals surface area contributed by atoms with Gasteiger partial charge in [0.05, 0.1) is 23.6 Å². The number of nitrogens with one attached hydrogen (secondary N) is 1. The third-order valence-electron chi connectivity index (χ3n) is 4.21. The Labute approximate surface area is 173 Å². The number of nitriles is 1. The van der Waals surface area contributed by atoms with Gasteiger partial charge in [0.2, 0.25) is 0 Å². The smallest absolute Gasteiger partial charge is 0.139 e. The standard InChI is InChI=1S/C19H20Cl2N4OS/c1-3-26-9-8-25(2)19-14(11-22)16(13-5-4-12(20)10-15(13)21)17(27-19)18-23-6-7-24-18/h4-5,10H,3,6-9H2,1-2H3,(H,23,24). The number of anilines is 1. The second-order valence-electron chi connectivity index (χ2n) is 6.00. The van der Waals surface area contributed by atoms with Gasteiger partial charge in [0.1, 0.15) is 16.9 Å². The number of amidine groups is 1. The first-order valence-corrected chi connectivity index (χ1v) is 10.2. The molecule has 1 aromatic heterocycles. The van der Waals surface area contributed by atoms with Crippen LogP contribution in [0.25, 0.3) is 11.1 Å². The predicted octanol–water partition coefficient (Wildman–Crippen LogP) is 4.42. The number of benzene rings is 1. The Kier molecular flexibility index (Phi) is 6.61. The topological polar surface area (TPSA) is 60.6 Å². The van der Waals surface area contributed by atoms with Crippen LogP contribution in [0.5, 0.6) is 0 Å². The van der Waals surface area contributed by atoms with E-state index in [0.29, 0.717) is 35.4 Å². The molecule has 0 amide bonds. The number of thiophene rings is 1. The van der Waals surface area contributed by atoms with Crippen LogP contribution < -0.4 is 10.2 Å². The Balaban J connectivity index is 2.13. The lowest BCUT2D eigenvalue weighted by molar-refractivity contribution is 0.154. The van der Waals surface area contributed by atoms with Crippen LogP contribution in [-0.4, -0.2) is 45.7 Å². The molecular formula is C19H20Cl2N4OS. The molecule has 1 N–H and O–H groups in total. The van der Waals surface area contributed by atoms with Crippen molar-refractivity contribution in [3.8, 4) is 17.2 Å². The minimum absolute atomic E-state index is 0.514. The number of halogens is 2. The number of likely N-dealkylation sites (N-methyl/N-ethyl adjacent to an activating group) is 1. The van der Waals surface area contributed by atoms with Gasteiger partial charge in [-0.3, -0.25) is 4.99 Å². The first-order chi connectivity index (χ1) is 13.1. The molecular weight excluding hydrogens is 403 g/mol. The molecule has 0 saturated heterocycles. The number of hydrogen-bond acceptors (Lipinski definition) is 6. The summed E-state index contributed by atoms with van der Waals surface area (Å²) in [4.78, 5) is 7.53. The Bertz CT molecular complexity index is 904. The van der Waals surface area contributed by atoms with E-state index in [1.807, 2.05) is 24.9 Å². The molecule has 8 heteroatoms. The summed E-state index contributed by atoms with van der Waals surface area (Å²) in [5, 5.41) is 15.2. The maximum Gasteiger partial charge on any atom is 0.139 e. The van der Waals surface area contributed by atoms with E-state index in [0.717, 1.165) is 39.9 Å². The Morgan fingerprint density at radius 3 is 2.85 bits per heavy atom. The van der Waals surface area contributed by atoms with Crippen molar-refractivity contribution in [3.63, 3.8) is 0 Å². The quantitative estimate of drug-likeness (QED) is 0.670. The first-order valence-electron chi connectivity index (χ1n) is 8.66. The van der Waals surface area contributed by atoms with Crippen molar-refractivity contribution in [2.45, 2.75) is 6.92 Å². The fourth-order valence-corrected chi connectivity index (χ4v) is 4.65. The summed E-state index contributed by atoms with van der Waals surface area (Å²) < 4.78 is 5.46. The molecule has 0 fully saturated rings. The Hall–Kier alpha value is -1.78. The maximum atomic E-state index is 9.95. The Morgan fingerprint density at radius 1 is 1.41 bits per heavy atom. The molecule has 1 aromatic carbocycles. The van der Waals surface area contributed by atoms with E-state index in [1.54, 1.807) is 23.5 Å². The second kappa shape index (κ2) is 8.94. The lowest BCUT2D eigenvalue weighted by Crippen LogP contribution is -2.22. The molecule has 2 aromatic rings. The van der Waals surface area contributed by atoms with Crippen LogP contribution in [0.3, 0.4) is 0 Å². The normalized spacial score (nSPS) is 13.2. The molecule has 0 saturated carbocycles. The molecule has 1 aliphatic rings. The number of rotatable bonds is 7. The van der Waals surface area contributed by atoms with Crippen molar-refractivity contribution in [2.24, 2.45) is 4.99 Å². The molecule has 0 spiro atoms. The van der Waals surface area contributed by atoms with Crippen molar-refractivity contribution in [1.29, 1.82) is 5.26 Å². The number of aliphatic imine (C=N–C) groups is 1. The predicted molar refractivity (Wildman–Crippen MR) is 114 cm³/mol. The summed E-state index contributed by atoms with van der Waals surface area (Å²) in [6.45, 7) is 5.43. The van der Waals surface area contributed by atoms with Crippen molar-refractivity contribution in [1.82, 2.24) is 5.32 Å². The molecule has 0 atom stereocenters. The zero-order chi connectivity index (χ0) is 19.4. The van der Waals surface area contributed by atoms with Crippen molar-refractivity contribution >= 4 is 45.4 Å². The minimum atomic E-state index is 0.514. The summed E-state index contributed by atoms with van der Waals surface area (Å²) in [7, 11) is 1.96. The second-order valence-corrected chi connectivity index (χ2v) is 7.84. The average Bonchev–Trinajstić information content (AvgIpc) is 3.29. The summed E-state index contributed by atoms with van der Waals surface area (Å²) in [5.74, 6) is 0.807. The SMILES string of the molecule is CCOCCN(C)c1sc(C2=NCCN2)c(-c2ccc(Cl)cc2Cl)c1C#N. The number of hydrogen-bond donors (Lipinski definition) is 1. The van der Waals surface area contributed by atoms with Crippen LogP contribution in [0, 0.1) is 11.3 Å². The first kappa shape index (κ1) is 20.0. The lowest BCUT2D eigenvalue weighted by atomic mass is 10.0. The highest BCUT2D eigenvalue weighted by Gasteiger charge is 2.27. The van der Waals surface area contributed by atoms with E-state index in [1.165, 1.54) is 0 Å². The number of ether oxygens (including phenoxy) is 1. The van der Waals surface area contributed by atoms with E-state index in [9.17, 15) is 5.26 Å². The minimum Gasteiger partial charge on any atom is -0.380 e. The van der Waals surface area contributed by atoms with Crippen LogP contribution in [0.15, 0.2) is 23.2 Å². The summed E-state index contributed by atoms with van der Waals surface area (Å²) in [6, 6.07) is 7.71. The van der Waals surface area contributed by atoms with Crippen LogP contribution >= 0.6 is 34.5 Å². The van der Waals surface area contributed by atoms with E-state index in [-0.39, 0.29) is 0 Å². The lowest BCUT2D eigenvalue weighted by Gasteiger charge is -2.17. The highest BCUT2D eigenvalue weighted by atomic mass is 35.5. The van der Waals surface area contributed by atoms with Crippen molar-refractivity contribution in [3.05, 3.63) is 38.7 Å². The molecule has 2 heterocycles. The van der Waals surface area contributed by atoms with Crippen LogP contribution in [0.2, 0.25) is 10.0 Å². The van der Waals surface area contributed by atoms with Crippen LogP contribution in [0.4, 0.5) is 5.00 Å². The molecule has 0 radical (unpaired) electrons. The van der Waals surface area contributed by atoms with Gasteiger partial charge in [-0.25, -0.2) is 0 Å².